The summed E-state index contributed by atoms with van der Waals surface area (Å²) in [5, 5.41) is 14.6. The molecule has 0 aliphatic heterocycles. The Morgan fingerprint density at radius 1 is 1.47 bits per heavy atom. The van der Waals surface area contributed by atoms with Crippen LogP contribution in [0, 0.1) is 12.7 Å². The Balaban J connectivity index is 2.47. The summed E-state index contributed by atoms with van der Waals surface area (Å²) in [6.07, 6.45) is 1.45. The first-order valence-electron chi connectivity index (χ1n) is 4.98. The molecule has 0 aliphatic carbocycles. The van der Waals surface area contributed by atoms with Crippen LogP contribution in [-0.4, -0.2) is 19.9 Å². The van der Waals surface area contributed by atoms with E-state index in [2.05, 4.69) is 10.1 Å². The molecule has 0 radical (unpaired) electrons. The van der Waals surface area contributed by atoms with Crippen LogP contribution < -0.4 is 0 Å². The topological polar surface area (TPSA) is 50.9 Å². The number of rotatable bonds is 2. The summed E-state index contributed by atoms with van der Waals surface area (Å²) in [4.78, 5) is 3.69. The minimum Gasteiger partial charge on any atom is -0.383 e. The van der Waals surface area contributed by atoms with Crippen LogP contribution in [0.25, 0.3) is 0 Å². The van der Waals surface area contributed by atoms with Crippen LogP contribution in [0.1, 0.15) is 22.9 Å². The van der Waals surface area contributed by atoms with Gasteiger partial charge in [-0.1, -0.05) is 11.6 Å². The summed E-state index contributed by atoms with van der Waals surface area (Å²) in [6.45, 7) is 1.73. The quantitative estimate of drug-likeness (QED) is 0.893. The van der Waals surface area contributed by atoms with Gasteiger partial charge in [0.25, 0.3) is 0 Å². The van der Waals surface area contributed by atoms with E-state index in [1.165, 1.54) is 16.9 Å². The van der Waals surface area contributed by atoms with Gasteiger partial charge in [-0.15, -0.1) is 0 Å². The molecule has 0 aromatic carbocycles. The van der Waals surface area contributed by atoms with Gasteiger partial charge in [0.1, 0.15) is 17.1 Å². The zero-order chi connectivity index (χ0) is 12.6. The van der Waals surface area contributed by atoms with Gasteiger partial charge < -0.3 is 5.11 Å². The van der Waals surface area contributed by atoms with Gasteiger partial charge in [0, 0.05) is 24.4 Å². The lowest BCUT2D eigenvalue weighted by Crippen LogP contribution is -2.02. The van der Waals surface area contributed by atoms with Crippen LogP contribution in [0.2, 0.25) is 5.15 Å². The van der Waals surface area contributed by atoms with Gasteiger partial charge in [-0.3, -0.25) is 9.67 Å². The third-order valence-corrected chi connectivity index (χ3v) is 2.96. The van der Waals surface area contributed by atoms with Crippen molar-refractivity contribution >= 4 is 11.6 Å². The third kappa shape index (κ3) is 2.16. The fraction of sp³-hybridized carbons (Fsp3) is 0.273. The van der Waals surface area contributed by atoms with Crippen LogP contribution in [0.15, 0.2) is 18.5 Å². The summed E-state index contributed by atoms with van der Waals surface area (Å²) in [6, 6.07) is 1.22. The summed E-state index contributed by atoms with van der Waals surface area (Å²) in [5.74, 6) is -0.501. The highest BCUT2D eigenvalue weighted by Crippen LogP contribution is 2.30. The molecule has 0 saturated heterocycles. The molecular formula is C11H11ClFN3O. The van der Waals surface area contributed by atoms with E-state index in [1.54, 1.807) is 14.0 Å². The third-order valence-electron chi connectivity index (χ3n) is 2.51. The first-order valence-corrected chi connectivity index (χ1v) is 5.36. The SMILES string of the molecule is Cc1nn(C)c(Cl)c1C(O)c1cncc(F)c1. The maximum absolute atomic E-state index is 13.0. The predicted molar refractivity (Wildman–Crippen MR) is 61.2 cm³/mol. The van der Waals surface area contributed by atoms with Crippen LogP contribution >= 0.6 is 11.6 Å². The second-order valence-electron chi connectivity index (χ2n) is 3.75. The van der Waals surface area contributed by atoms with Gasteiger partial charge >= 0.3 is 0 Å². The van der Waals surface area contributed by atoms with E-state index < -0.39 is 11.9 Å². The molecule has 2 aromatic rings. The standard InChI is InChI=1S/C11H11ClFN3O/c1-6-9(11(12)16(2)15-6)10(17)7-3-8(13)5-14-4-7/h3-5,10,17H,1-2H3. The van der Waals surface area contributed by atoms with E-state index in [1.807, 2.05) is 0 Å². The maximum atomic E-state index is 13.0. The zero-order valence-corrected chi connectivity index (χ0v) is 10.1. The zero-order valence-electron chi connectivity index (χ0n) is 9.35. The van der Waals surface area contributed by atoms with Crippen molar-refractivity contribution < 1.29 is 9.50 Å². The maximum Gasteiger partial charge on any atom is 0.141 e. The number of nitrogens with zero attached hydrogens (tertiary/aromatic N) is 3. The van der Waals surface area contributed by atoms with Crippen molar-refractivity contribution in [3.8, 4) is 0 Å². The van der Waals surface area contributed by atoms with Crippen molar-refractivity contribution in [2.75, 3.05) is 0 Å². The van der Waals surface area contributed by atoms with Gasteiger partial charge in [0.05, 0.1) is 11.9 Å². The van der Waals surface area contributed by atoms with E-state index in [9.17, 15) is 9.50 Å². The van der Waals surface area contributed by atoms with Crippen LogP contribution in [0.4, 0.5) is 4.39 Å². The van der Waals surface area contributed by atoms with Crippen molar-refractivity contribution in [1.82, 2.24) is 14.8 Å². The average Bonchev–Trinajstić information content (AvgIpc) is 2.52. The van der Waals surface area contributed by atoms with Crippen molar-refractivity contribution in [2.45, 2.75) is 13.0 Å². The molecule has 6 heteroatoms. The number of aliphatic hydroxyl groups is 1. The molecule has 17 heavy (non-hydrogen) atoms. The number of aliphatic hydroxyl groups excluding tert-OH is 1. The van der Waals surface area contributed by atoms with E-state index in [0.29, 0.717) is 22.0 Å². The van der Waals surface area contributed by atoms with Gasteiger partial charge in [-0.2, -0.15) is 5.10 Å². The number of aryl methyl sites for hydroxylation is 2. The Bertz CT molecular complexity index is 556. The first-order chi connectivity index (χ1) is 8.00. The minimum absolute atomic E-state index is 0.333. The summed E-state index contributed by atoms with van der Waals surface area (Å²) >= 11 is 6.02. The van der Waals surface area contributed by atoms with Gasteiger partial charge in [0.15, 0.2) is 0 Å². The number of halogens is 2. The Labute approximate surface area is 103 Å². The molecule has 2 aromatic heterocycles. The molecule has 1 N–H and O–H groups in total. The number of hydrogen-bond acceptors (Lipinski definition) is 3. The number of hydrogen-bond donors (Lipinski definition) is 1. The van der Waals surface area contributed by atoms with Gasteiger partial charge in [0.2, 0.25) is 0 Å². The molecule has 2 heterocycles. The summed E-state index contributed by atoms with van der Waals surface area (Å²) in [5.41, 5.74) is 1.43. The second-order valence-corrected chi connectivity index (χ2v) is 4.11. The van der Waals surface area contributed by atoms with Crippen molar-refractivity contribution in [1.29, 1.82) is 0 Å². The summed E-state index contributed by atoms with van der Waals surface area (Å²) < 4.78 is 14.5. The largest absolute Gasteiger partial charge is 0.383 e. The fourth-order valence-corrected chi connectivity index (χ4v) is 1.98. The van der Waals surface area contributed by atoms with Crippen LogP contribution in [0.3, 0.4) is 0 Å². The normalized spacial score (nSPS) is 12.8. The molecule has 0 amide bonds. The monoisotopic (exact) mass is 255 g/mol. The smallest absolute Gasteiger partial charge is 0.141 e. The van der Waals surface area contributed by atoms with Crippen molar-refractivity contribution in [3.05, 3.63) is 46.3 Å². The predicted octanol–water partition coefficient (Wildman–Crippen LogP) is 2.00. The highest BCUT2D eigenvalue weighted by atomic mass is 35.5. The summed E-state index contributed by atoms with van der Waals surface area (Å²) in [7, 11) is 1.68. The molecule has 1 atom stereocenters. The molecule has 0 spiro atoms. The van der Waals surface area contributed by atoms with E-state index in [0.717, 1.165) is 6.20 Å². The molecule has 4 nitrogen and oxygen atoms in total. The van der Waals surface area contributed by atoms with Gasteiger partial charge in [-0.05, 0) is 13.0 Å². The molecule has 0 bridgehead atoms. The fourth-order valence-electron chi connectivity index (χ4n) is 1.70. The van der Waals surface area contributed by atoms with Crippen LogP contribution in [0.5, 0.6) is 0 Å². The minimum atomic E-state index is -1.03. The van der Waals surface area contributed by atoms with Crippen molar-refractivity contribution in [2.24, 2.45) is 7.05 Å². The molecule has 2 rings (SSSR count). The Morgan fingerprint density at radius 3 is 2.71 bits per heavy atom. The molecular weight excluding hydrogens is 245 g/mol. The van der Waals surface area contributed by atoms with Gasteiger partial charge in [-0.25, -0.2) is 4.39 Å². The second kappa shape index (κ2) is 4.43. The lowest BCUT2D eigenvalue weighted by Gasteiger charge is -2.10. The Hall–Kier alpha value is -1.46. The molecule has 90 valence electrons. The number of pyridine rings is 1. The van der Waals surface area contributed by atoms with E-state index >= 15 is 0 Å². The highest BCUT2D eigenvalue weighted by Gasteiger charge is 2.21. The first kappa shape index (κ1) is 12.0. The lowest BCUT2D eigenvalue weighted by molar-refractivity contribution is 0.218. The molecule has 0 aliphatic rings. The Morgan fingerprint density at radius 2 is 2.18 bits per heavy atom. The molecule has 0 fully saturated rings. The average molecular weight is 256 g/mol. The molecule has 0 saturated carbocycles. The van der Waals surface area contributed by atoms with Crippen molar-refractivity contribution in [3.63, 3.8) is 0 Å². The lowest BCUT2D eigenvalue weighted by atomic mass is 10.0. The Kier molecular flexibility index (Phi) is 3.13. The highest BCUT2D eigenvalue weighted by molar-refractivity contribution is 6.30. The number of aromatic nitrogens is 3. The molecule has 1 unspecified atom stereocenters. The van der Waals surface area contributed by atoms with E-state index in [4.69, 9.17) is 11.6 Å². The van der Waals surface area contributed by atoms with Crippen LogP contribution in [-0.2, 0) is 7.05 Å². The van der Waals surface area contributed by atoms with E-state index in [-0.39, 0.29) is 0 Å².